The molecule has 2 bridgehead atoms. The molecule has 0 radical (unpaired) electrons. The summed E-state index contributed by atoms with van der Waals surface area (Å²) in [7, 11) is 0. The van der Waals surface area contributed by atoms with Crippen molar-refractivity contribution in [2.45, 2.75) is 113 Å². The minimum Gasteiger partial charge on any atom is -0.459 e. The third-order valence-electron chi connectivity index (χ3n) is 10.7. The van der Waals surface area contributed by atoms with E-state index in [1.165, 1.54) is 31.4 Å². The molecule has 5 aliphatic carbocycles. The molecule has 0 aliphatic heterocycles. The second-order valence-electron chi connectivity index (χ2n) is 14.6. The van der Waals surface area contributed by atoms with Gasteiger partial charge in [0, 0.05) is 18.6 Å². The minimum atomic E-state index is -0.431. The molecule has 0 heterocycles. The minimum absolute atomic E-state index is 0.0542. The van der Waals surface area contributed by atoms with Crippen molar-refractivity contribution in [2.24, 2.45) is 59.2 Å². The first kappa shape index (κ1) is 34.3. The van der Waals surface area contributed by atoms with Gasteiger partial charge in [-0.15, -0.1) is 0 Å². The molecule has 0 aromatic carbocycles. The third kappa shape index (κ3) is 10.2. The van der Waals surface area contributed by atoms with E-state index in [-0.39, 0.29) is 12.2 Å². The van der Waals surface area contributed by atoms with Crippen LogP contribution in [0.5, 0.6) is 0 Å². The molecule has 5 aliphatic rings. The van der Waals surface area contributed by atoms with Gasteiger partial charge < -0.3 is 9.47 Å². The van der Waals surface area contributed by atoms with Gasteiger partial charge in [0.15, 0.2) is 0 Å². The number of hydrogen-bond donors (Lipinski definition) is 0. The zero-order valence-electron chi connectivity index (χ0n) is 27.7. The maximum absolute atomic E-state index is 12.3. The Morgan fingerprint density at radius 1 is 0.667 bits per heavy atom. The topological polar surface area (TPSA) is 52.6 Å². The van der Waals surface area contributed by atoms with Crippen LogP contribution in [0, 0.1) is 65.6 Å². The zero-order chi connectivity index (χ0) is 30.8. The Bertz CT molecular complexity index is 898. The summed E-state index contributed by atoms with van der Waals surface area (Å²) in [5, 5.41) is 0. The number of hydrogen-bond acceptors (Lipinski definition) is 4. The van der Waals surface area contributed by atoms with Crippen LogP contribution in [0.1, 0.15) is 100 Å². The lowest BCUT2D eigenvalue weighted by atomic mass is 9.75. The molecule has 3 fully saturated rings. The normalized spacial score (nSPS) is 36.3. The number of carbonyl (C=O) groups excluding carboxylic acids is 2. The number of carbonyl (C=O) groups is 2. The number of esters is 2. The van der Waals surface area contributed by atoms with Gasteiger partial charge in [-0.1, -0.05) is 80.4 Å². The SMILES string of the molecule is C1=C[CH+]C=C1.CC(C)[C@H]1CC[C@H](C)CC1OC(=O)/C=C/C(=O)OC1C[C@@H](C)CC[C@@H]1C(C)C.CC1C2C=CC(C2)C1C. The highest BCUT2D eigenvalue weighted by Gasteiger charge is 2.39. The number of rotatable bonds is 6. The van der Waals surface area contributed by atoms with E-state index in [2.05, 4.69) is 67.5 Å². The first-order chi connectivity index (χ1) is 20.0. The largest absolute Gasteiger partial charge is 0.459 e. The molecule has 0 amide bonds. The van der Waals surface area contributed by atoms with E-state index in [1.54, 1.807) is 0 Å². The molecule has 0 N–H and O–H groups in total. The highest BCUT2D eigenvalue weighted by molar-refractivity contribution is 5.91. The molecule has 42 heavy (non-hydrogen) atoms. The van der Waals surface area contributed by atoms with E-state index in [0.717, 1.165) is 49.4 Å². The van der Waals surface area contributed by atoms with Crippen molar-refractivity contribution in [3.05, 3.63) is 55.0 Å². The first-order valence-corrected chi connectivity index (χ1v) is 16.9. The molecule has 6 unspecified atom stereocenters. The Morgan fingerprint density at radius 3 is 1.36 bits per heavy atom. The molecule has 0 saturated heterocycles. The van der Waals surface area contributed by atoms with Gasteiger partial charge in [-0.25, -0.2) is 9.59 Å². The predicted molar refractivity (Wildman–Crippen MR) is 173 cm³/mol. The molecule has 5 rings (SSSR count). The van der Waals surface area contributed by atoms with Gasteiger partial charge in [0.05, 0.1) is 24.3 Å². The van der Waals surface area contributed by atoms with Gasteiger partial charge in [-0.2, -0.15) is 0 Å². The summed E-state index contributed by atoms with van der Waals surface area (Å²) in [4.78, 5) is 24.6. The number of fused-ring (bicyclic) bond motifs is 2. The molecule has 4 heteroatoms. The smallest absolute Gasteiger partial charge is 0.331 e. The van der Waals surface area contributed by atoms with E-state index in [0.29, 0.717) is 35.5 Å². The van der Waals surface area contributed by atoms with Gasteiger partial charge in [0.2, 0.25) is 0 Å². The molecule has 0 spiro atoms. The summed E-state index contributed by atoms with van der Waals surface area (Å²) in [5.74, 6) is 5.84. The van der Waals surface area contributed by atoms with Gasteiger partial charge in [0.1, 0.15) is 12.2 Å². The second-order valence-corrected chi connectivity index (χ2v) is 14.6. The van der Waals surface area contributed by atoms with Gasteiger partial charge in [-0.3, -0.25) is 0 Å². The number of ether oxygens (including phenoxy) is 2. The van der Waals surface area contributed by atoms with Crippen LogP contribution < -0.4 is 0 Å². The Labute approximate surface area is 257 Å². The lowest BCUT2D eigenvalue weighted by Gasteiger charge is -2.36. The van der Waals surface area contributed by atoms with Crippen molar-refractivity contribution >= 4 is 11.9 Å². The Balaban J connectivity index is 0.000000276. The summed E-state index contributed by atoms with van der Waals surface area (Å²) >= 11 is 0. The predicted octanol–water partition coefficient (Wildman–Crippen LogP) is 9.33. The molecular formula is C38H59O4+. The van der Waals surface area contributed by atoms with Gasteiger partial charge in [0.25, 0.3) is 0 Å². The van der Waals surface area contributed by atoms with Crippen molar-refractivity contribution in [1.29, 1.82) is 0 Å². The van der Waals surface area contributed by atoms with Crippen LogP contribution in [0.15, 0.2) is 48.6 Å². The molecule has 4 nitrogen and oxygen atoms in total. The lowest BCUT2D eigenvalue weighted by Crippen LogP contribution is -2.36. The van der Waals surface area contributed by atoms with Crippen LogP contribution in [0.2, 0.25) is 0 Å². The fourth-order valence-corrected chi connectivity index (χ4v) is 7.65. The molecule has 0 aromatic rings. The third-order valence-corrected chi connectivity index (χ3v) is 10.7. The highest BCUT2D eigenvalue weighted by Crippen LogP contribution is 2.47. The fourth-order valence-electron chi connectivity index (χ4n) is 7.65. The quantitative estimate of drug-likeness (QED) is 0.136. The molecule has 3 saturated carbocycles. The molecule has 234 valence electrons. The van der Waals surface area contributed by atoms with E-state index in [9.17, 15) is 9.59 Å². The van der Waals surface area contributed by atoms with Gasteiger partial charge in [-0.05, 0) is 91.3 Å². The summed E-state index contributed by atoms with van der Waals surface area (Å²) in [6, 6.07) is 0. The van der Waals surface area contributed by atoms with Crippen LogP contribution in [0.4, 0.5) is 0 Å². The zero-order valence-corrected chi connectivity index (χ0v) is 27.7. The molecule has 10 atom stereocenters. The van der Waals surface area contributed by atoms with Crippen LogP contribution >= 0.6 is 0 Å². The van der Waals surface area contributed by atoms with E-state index in [4.69, 9.17) is 9.47 Å². The van der Waals surface area contributed by atoms with E-state index >= 15 is 0 Å². The average molecular weight is 580 g/mol. The maximum Gasteiger partial charge on any atom is 0.331 e. The Morgan fingerprint density at radius 2 is 1.07 bits per heavy atom. The van der Waals surface area contributed by atoms with Crippen LogP contribution in [0.25, 0.3) is 0 Å². The van der Waals surface area contributed by atoms with Crippen LogP contribution in [-0.2, 0) is 19.1 Å². The number of allylic oxidation sites excluding steroid dienone is 6. The highest BCUT2D eigenvalue weighted by atomic mass is 16.5. The summed E-state index contributed by atoms with van der Waals surface area (Å²) in [6.07, 6.45) is 25.0. The van der Waals surface area contributed by atoms with Gasteiger partial charge >= 0.3 is 11.9 Å². The maximum atomic E-state index is 12.3. The monoisotopic (exact) mass is 579 g/mol. The fraction of sp³-hybridized carbons (Fsp3) is 0.711. The van der Waals surface area contributed by atoms with E-state index in [1.807, 2.05) is 30.7 Å². The molecule has 0 aromatic heterocycles. The summed E-state index contributed by atoms with van der Waals surface area (Å²) < 4.78 is 11.4. The standard InChI is InChI=1S/C24H40O4.C9H14.C5H5/c1-15(2)19-9-7-17(5)13-21(19)27-23(25)11-12-24(26)28-22-14-18(6)8-10-20(22)16(3)4;1-6-7(2)9-4-3-8(6)5-9;1-2-4-5-3-1/h11-12,15-22H,7-10,13-14H2,1-6H3;3-4,6-9H,5H2,1-2H3;1-5H/q;;+1/b12-11+;;/t17-,18-,19+,20+,21?,22?;;/m0../s1. The van der Waals surface area contributed by atoms with E-state index < -0.39 is 11.9 Å². The van der Waals surface area contributed by atoms with Crippen molar-refractivity contribution in [2.75, 3.05) is 0 Å². The Kier molecular flexibility index (Phi) is 13.5. The van der Waals surface area contributed by atoms with Crippen molar-refractivity contribution in [3.8, 4) is 0 Å². The summed E-state index contributed by atoms with van der Waals surface area (Å²) in [6.45, 7) is 17.9. The van der Waals surface area contributed by atoms with Crippen LogP contribution in [-0.4, -0.2) is 24.1 Å². The Hall–Kier alpha value is -2.23. The van der Waals surface area contributed by atoms with Crippen LogP contribution in [0.3, 0.4) is 0 Å². The van der Waals surface area contributed by atoms with Crippen molar-refractivity contribution in [3.63, 3.8) is 0 Å². The van der Waals surface area contributed by atoms with Crippen molar-refractivity contribution < 1.29 is 19.1 Å². The lowest BCUT2D eigenvalue weighted by molar-refractivity contribution is -0.152. The summed E-state index contributed by atoms with van der Waals surface area (Å²) in [5.41, 5.74) is 0. The first-order valence-electron chi connectivity index (χ1n) is 16.9. The van der Waals surface area contributed by atoms with Crippen molar-refractivity contribution in [1.82, 2.24) is 0 Å². The molecular weight excluding hydrogens is 520 g/mol. The second kappa shape index (κ2) is 16.6. The average Bonchev–Trinajstić information content (AvgIpc) is 3.71.